The predicted octanol–water partition coefficient (Wildman–Crippen LogP) is 0.648. The molecule has 1 aromatic heterocycles. The zero-order chi connectivity index (χ0) is 18.9. The topological polar surface area (TPSA) is 110 Å². The summed E-state index contributed by atoms with van der Waals surface area (Å²) in [5.74, 6) is -0.828. The maximum Gasteiger partial charge on any atom is 0.260 e. The maximum absolute atomic E-state index is 12.8. The Morgan fingerprint density at radius 2 is 2.04 bits per heavy atom. The normalized spacial score (nSPS) is 16.8. The second-order valence-corrected chi connectivity index (χ2v) is 8.89. The third-order valence-corrected chi connectivity index (χ3v) is 7.09. The fourth-order valence-corrected chi connectivity index (χ4v) is 4.86. The summed E-state index contributed by atoms with van der Waals surface area (Å²) in [6.45, 7) is -0.446. The van der Waals surface area contributed by atoms with Gasteiger partial charge in [-0.3, -0.25) is 9.59 Å². The van der Waals surface area contributed by atoms with Gasteiger partial charge in [-0.15, -0.1) is 11.3 Å². The highest BCUT2D eigenvalue weighted by Crippen LogP contribution is 2.33. The summed E-state index contributed by atoms with van der Waals surface area (Å²) in [4.78, 5) is 25.6. The molecule has 138 valence electrons. The monoisotopic (exact) mass is 395 g/mol. The molecule has 1 aromatic carbocycles. The van der Waals surface area contributed by atoms with Crippen molar-refractivity contribution in [2.24, 2.45) is 5.73 Å². The van der Waals surface area contributed by atoms with E-state index in [9.17, 15) is 18.0 Å². The van der Waals surface area contributed by atoms with E-state index in [1.807, 2.05) is 0 Å². The Hall–Kier alpha value is -2.43. The summed E-state index contributed by atoms with van der Waals surface area (Å²) in [6, 6.07) is 9.82. The van der Waals surface area contributed by atoms with Gasteiger partial charge in [0, 0.05) is 7.05 Å². The van der Waals surface area contributed by atoms with Gasteiger partial charge in [-0.1, -0.05) is 18.2 Å². The minimum absolute atomic E-state index is 0.0714. The fourth-order valence-electron chi connectivity index (χ4n) is 2.54. The SMILES string of the molecule is CN(CC(=O)N1CC(C(N)=O)Oc2ccccc21)S(=O)(=O)c1cccs1. The molecule has 0 aliphatic carbocycles. The number of sulfonamides is 1. The van der Waals surface area contributed by atoms with E-state index < -0.39 is 27.9 Å². The van der Waals surface area contributed by atoms with Gasteiger partial charge in [-0.25, -0.2) is 8.42 Å². The minimum Gasteiger partial charge on any atom is -0.477 e. The van der Waals surface area contributed by atoms with Crippen molar-refractivity contribution >= 4 is 38.9 Å². The van der Waals surface area contributed by atoms with E-state index in [0.29, 0.717) is 11.4 Å². The Balaban J connectivity index is 1.84. The van der Waals surface area contributed by atoms with Crippen LogP contribution in [0.2, 0.25) is 0 Å². The van der Waals surface area contributed by atoms with Crippen LogP contribution in [-0.4, -0.2) is 50.8 Å². The Labute approximate surface area is 154 Å². The number of hydrogen-bond acceptors (Lipinski definition) is 6. The number of benzene rings is 1. The molecular formula is C16H17N3O5S2. The molecule has 2 aromatic rings. The number of amides is 2. The molecule has 1 unspecified atom stereocenters. The van der Waals surface area contributed by atoms with Crippen LogP contribution in [0.25, 0.3) is 0 Å². The van der Waals surface area contributed by atoms with Crippen molar-refractivity contribution in [2.75, 3.05) is 25.0 Å². The molecular weight excluding hydrogens is 378 g/mol. The number of para-hydroxylation sites is 2. The molecule has 1 aliphatic heterocycles. The average Bonchev–Trinajstić information content (AvgIpc) is 3.16. The molecule has 0 fully saturated rings. The highest BCUT2D eigenvalue weighted by Gasteiger charge is 2.34. The quantitative estimate of drug-likeness (QED) is 0.799. The predicted molar refractivity (Wildman–Crippen MR) is 96.5 cm³/mol. The number of primary amides is 1. The summed E-state index contributed by atoms with van der Waals surface area (Å²) < 4.78 is 31.6. The van der Waals surface area contributed by atoms with Crippen LogP contribution in [0.4, 0.5) is 5.69 Å². The van der Waals surface area contributed by atoms with Crippen LogP contribution < -0.4 is 15.4 Å². The van der Waals surface area contributed by atoms with Gasteiger partial charge < -0.3 is 15.4 Å². The Bertz CT molecular complexity index is 927. The fraction of sp³-hybridized carbons (Fsp3) is 0.250. The first-order valence-electron chi connectivity index (χ1n) is 7.66. The van der Waals surface area contributed by atoms with Gasteiger partial charge in [-0.05, 0) is 23.6 Å². The molecule has 26 heavy (non-hydrogen) atoms. The van der Waals surface area contributed by atoms with E-state index in [1.54, 1.807) is 35.7 Å². The summed E-state index contributed by atoms with van der Waals surface area (Å²) in [7, 11) is -2.42. The van der Waals surface area contributed by atoms with Gasteiger partial charge in [0.05, 0.1) is 18.8 Å². The van der Waals surface area contributed by atoms with Gasteiger partial charge in [-0.2, -0.15) is 4.31 Å². The molecule has 1 atom stereocenters. The van der Waals surface area contributed by atoms with Crippen molar-refractivity contribution in [3.8, 4) is 5.75 Å². The van der Waals surface area contributed by atoms with E-state index in [2.05, 4.69) is 0 Å². The molecule has 2 heterocycles. The number of ether oxygens (including phenoxy) is 1. The number of nitrogens with two attached hydrogens (primary N) is 1. The number of hydrogen-bond donors (Lipinski definition) is 1. The smallest absolute Gasteiger partial charge is 0.260 e. The Morgan fingerprint density at radius 1 is 1.31 bits per heavy atom. The second-order valence-electron chi connectivity index (χ2n) is 5.67. The molecule has 0 saturated heterocycles. The Kier molecular flexibility index (Phi) is 4.99. The molecule has 0 bridgehead atoms. The van der Waals surface area contributed by atoms with Crippen molar-refractivity contribution in [2.45, 2.75) is 10.3 Å². The molecule has 8 nitrogen and oxygen atoms in total. The van der Waals surface area contributed by atoms with Crippen LogP contribution in [0.3, 0.4) is 0 Å². The van der Waals surface area contributed by atoms with E-state index in [4.69, 9.17) is 10.5 Å². The first kappa shape index (κ1) is 18.4. The number of carbonyl (C=O) groups excluding carboxylic acids is 2. The third-order valence-electron chi connectivity index (χ3n) is 3.91. The number of carbonyl (C=O) groups is 2. The maximum atomic E-state index is 12.8. The molecule has 2 amide bonds. The first-order chi connectivity index (χ1) is 12.3. The van der Waals surface area contributed by atoms with Crippen molar-refractivity contribution in [3.05, 3.63) is 41.8 Å². The van der Waals surface area contributed by atoms with Crippen LogP contribution in [0, 0.1) is 0 Å². The second kappa shape index (κ2) is 7.06. The van der Waals surface area contributed by atoms with Gasteiger partial charge in [0.15, 0.2) is 6.10 Å². The number of nitrogens with zero attached hydrogens (tertiary/aromatic N) is 2. The summed E-state index contributed by atoms with van der Waals surface area (Å²) >= 11 is 1.08. The highest BCUT2D eigenvalue weighted by molar-refractivity contribution is 7.91. The van der Waals surface area contributed by atoms with E-state index in [0.717, 1.165) is 15.6 Å². The number of anilines is 1. The van der Waals surface area contributed by atoms with Gasteiger partial charge >= 0.3 is 0 Å². The molecule has 3 rings (SSSR count). The molecule has 0 spiro atoms. The number of thiophene rings is 1. The number of likely N-dealkylation sites (N-methyl/N-ethyl adjacent to an activating group) is 1. The van der Waals surface area contributed by atoms with E-state index in [-0.39, 0.29) is 17.3 Å². The summed E-state index contributed by atoms with van der Waals surface area (Å²) in [6.07, 6.45) is -0.993. The van der Waals surface area contributed by atoms with E-state index >= 15 is 0 Å². The standard InChI is InChI=1S/C16H17N3O5S2/c1-18(26(22,23)15-7-4-8-25-15)10-14(20)19-9-13(16(17)21)24-12-6-3-2-5-11(12)19/h2-8,13H,9-10H2,1H3,(H2,17,21). The molecule has 0 radical (unpaired) electrons. The molecule has 2 N–H and O–H groups in total. The molecule has 1 aliphatic rings. The van der Waals surface area contributed by atoms with Crippen LogP contribution in [0.15, 0.2) is 46.0 Å². The van der Waals surface area contributed by atoms with Crippen molar-refractivity contribution in [1.82, 2.24) is 4.31 Å². The summed E-state index contributed by atoms with van der Waals surface area (Å²) in [5.41, 5.74) is 5.78. The van der Waals surface area contributed by atoms with Gasteiger partial charge in [0.2, 0.25) is 5.91 Å². The van der Waals surface area contributed by atoms with Crippen molar-refractivity contribution in [3.63, 3.8) is 0 Å². The van der Waals surface area contributed by atoms with Gasteiger partial charge in [0.1, 0.15) is 9.96 Å². The Morgan fingerprint density at radius 3 is 2.69 bits per heavy atom. The van der Waals surface area contributed by atoms with Crippen LogP contribution >= 0.6 is 11.3 Å². The summed E-state index contributed by atoms with van der Waals surface area (Å²) in [5, 5.41) is 1.65. The zero-order valence-electron chi connectivity index (χ0n) is 13.9. The van der Waals surface area contributed by atoms with Crippen LogP contribution in [0.1, 0.15) is 0 Å². The largest absolute Gasteiger partial charge is 0.477 e. The average molecular weight is 395 g/mol. The lowest BCUT2D eigenvalue weighted by Gasteiger charge is -2.34. The van der Waals surface area contributed by atoms with Crippen LogP contribution in [0.5, 0.6) is 5.75 Å². The van der Waals surface area contributed by atoms with Gasteiger partial charge in [0.25, 0.3) is 15.9 Å². The number of fused-ring (bicyclic) bond motifs is 1. The lowest BCUT2D eigenvalue weighted by atomic mass is 10.1. The minimum atomic E-state index is -3.76. The lowest BCUT2D eigenvalue weighted by Crippen LogP contribution is -2.51. The lowest BCUT2D eigenvalue weighted by molar-refractivity contribution is -0.125. The molecule has 0 saturated carbocycles. The first-order valence-corrected chi connectivity index (χ1v) is 9.98. The highest BCUT2D eigenvalue weighted by atomic mass is 32.2. The van der Waals surface area contributed by atoms with Crippen molar-refractivity contribution in [1.29, 1.82) is 0 Å². The number of rotatable bonds is 5. The van der Waals surface area contributed by atoms with Crippen LogP contribution in [-0.2, 0) is 19.6 Å². The zero-order valence-corrected chi connectivity index (χ0v) is 15.5. The van der Waals surface area contributed by atoms with Crippen molar-refractivity contribution < 1.29 is 22.7 Å². The third kappa shape index (κ3) is 3.43. The molecule has 10 heteroatoms. The van der Waals surface area contributed by atoms with E-state index in [1.165, 1.54) is 18.0 Å².